The summed E-state index contributed by atoms with van der Waals surface area (Å²) in [7, 11) is 0. The molecule has 0 radical (unpaired) electrons. The quantitative estimate of drug-likeness (QED) is 0.519. The van der Waals surface area contributed by atoms with Crippen LogP contribution >= 0.6 is 0 Å². The molecule has 2 N–H and O–H groups in total. The van der Waals surface area contributed by atoms with Crippen molar-refractivity contribution in [2.75, 3.05) is 0 Å². The molecule has 1 saturated heterocycles. The van der Waals surface area contributed by atoms with Crippen LogP contribution in [0.4, 0.5) is 0 Å². The van der Waals surface area contributed by atoms with Gasteiger partial charge in [0.15, 0.2) is 0 Å². The Morgan fingerprint density at radius 3 is 3.00 bits per heavy atom. The SMILES string of the molecule is CCCCCC(O)C=CC1CCC(=O)N1. The van der Waals surface area contributed by atoms with Crippen LogP contribution in [0.15, 0.2) is 12.2 Å². The van der Waals surface area contributed by atoms with E-state index in [-0.39, 0.29) is 18.1 Å². The van der Waals surface area contributed by atoms with Crippen molar-refractivity contribution in [3.63, 3.8) is 0 Å². The van der Waals surface area contributed by atoms with E-state index < -0.39 is 0 Å². The fourth-order valence-electron chi connectivity index (χ4n) is 1.74. The van der Waals surface area contributed by atoms with E-state index in [4.69, 9.17) is 0 Å². The van der Waals surface area contributed by atoms with E-state index in [0.717, 1.165) is 19.3 Å². The van der Waals surface area contributed by atoms with Gasteiger partial charge in [-0.25, -0.2) is 0 Å². The number of aliphatic hydroxyl groups is 1. The highest BCUT2D eigenvalue weighted by Gasteiger charge is 2.17. The lowest BCUT2D eigenvalue weighted by atomic mass is 10.1. The Kier molecular flexibility index (Phi) is 5.40. The van der Waals surface area contributed by atoms with E-state index in [1.165, 1.54) is 12.8 Å². The summed E-state index contributed by atoms with van der Waals surface area (Å²) < 4.78 is 0. The lowest BCUT2D eigenvalue weighted by Crippen LogP contribution is -2.23. The fourth-order valence-corrected chi connectivity index (χ4v) is 1.74. The number of hydrogen-bond donors (Lipinski definition) is 2. The highest BCUT2D eigenvalue weighted by molar-refractivity contribution is 5.78. The smallest absolute Gasteiger partial charge is 0.220 e. The van der Waals surface area contributed by atoms with E-state index in [2.05, 4.69) is 12.2 Å². The minimum absolute atomic E-state index is 0.116. The highest BCUT2D eigenvalue weighted by atomic mass is 16.3. The van der Waals surface area contributed by atoms with Gasteiger partial charge in [0.1, 0.15) is 0 Å². The minimum Gasteiger partial charge on any atom is -0.389 e. The second-order valence-electron chi connectivity index (χ2n) is 4.16. The van der Waals surface area contributed by atoms with Crippen LogP contribution in [-0.2, 0) is 4.79 Å². The lowest BCUT2D eigenvalue weighted by Gasteiger charge is -2.06. The van der Waals surface area contributed by atoms with Crippen LogP contribution in [0, 0.1) is 0 Å². The molecule has 2 atom stereocenters. The second kappa shape index (κ2) is 6.62. The Labute approximate surface area is 91.6 Å². The molecule has 0 aromatic carbocycles. The average molecular weight is 211 g/mol. The third-order valence-electron chi connectivity index (χ3n) is 2.70. The molecular weight excluding hydrogens is 190 g/mol. The van der Waals surface area contributed by atoms with Crippen molar-refractivity contribution in [1.29, 1.82) is 0 Å². The predicted molar refractivity (Wildman–Crippen MR) is 60.5 cm³/mol. The van der Waals surface area contributed by atoms with Gasteiger partial charge in [0.05, 0.1) is 6.10 Å². The summed E-state index contributed by atoms with van der Waals surface area (Å²) in [5, 5.41) is 12.4. The third-order valence-corrected chi connectivity index (χ3v) is 2.70. The van der Waals surface area contributed by atoms with Crippen LogP contribution < -0.4 is 5.32 Å². The van der Waals surface area contributed by atoms with Gasteiger partial charge < -0.3 is 10.4 Å². The van der Waals surface area contributed by atoms with E-state index in [1.807, 2.05) is 12.2 Å². The van der Waals surface area contributed by atoms with Gasteiger partial charge in [-0.2, -0.15) is 0 Å². The van der Waals surface area contributed by atoms with Gasteiger partial charge in [0.2, 0.25) is 5.91 Å². The number of hydrogen-bond acceptors (Lipinski definition) is 2. The molecular formula is C12H21NO2. The van der Waals surface area contributed by atoms with Gasteiger partial charge >= 0.3 is 0 Å². The molecule has 1 rings (SSSR count). The molecule has 1 amide bonds. The van der Waals surface area contributed by atoms with Gasteiger partial charge in [0.25, 0.3) is 0 Å². The molecule has 0 saturated carbocycles. The van der Waals surface area contributed by atoms with Crippen LogP contribution in [0.25, 0.3) is 0 Å². The average Bonchev–Trinajstić information content (AvgIpc) is 2.62. The summed E-state index contributed by atoms with van der Waals surface area (Å²) in [6.07, 6.45) is 9.09. The zero-order valence-electron chi connectivity index (χ0n) is 9.41. The standard InChI is InChI=1S/C12H21NO2/c1-2-3-4-5-11(14)8-6-10-7-9-12(15)13-10/h6,8,10-11,14H,2-5,7,9H2,1H3,(H,13,15). The summed E-state index contributed by atoms with van der Waals surface area (Å²) in [5.74, 6) is 0.116. The maximum absolute atomic E-state index is 10.9. The maximum Gasteiger partial charge on any atom is 0.220 e. The molecule has 0 bridgehead atoms. The van der Waals surface area contributed by atoms with E-state index in [1.54, 1.807) is 0 Å². The zero-order chi connectivity index (χ0) is 11.1. The monoisotopic (exact) mass is 211 g/mol. The first-order valence-corrected chi connectivity index (χ1v) is 5.88. The van der Waals surface area contributed by atoms with Crippen molar-refractivity contribution in [3.05, 3.63) is 12.2 Å². The van der Waals surface area contributed by atoms with Crippen molar-refractivity contribution in [2.24, 2.45) is 0 Å². The molecule has 0 spiro atoms. The first-order chi connectivity index (χ1) is 7.22. The van der Waals surface area contributed by atoms with Crippen molar-refractivity contribution < 1.29 is 9.90 Å². The zero-order valence-corrected chi connectivity index (χ0v) is 9.41. The number of nitrogens with one attached hydrogen (secondary N) is 1. The molecule has 2 unspecified atom stereocenters. The summed E-state index contributed by atoms with van der Waals surface area (Å²) >= 11 is 0. The Bertz CT molecular complexity index is 226. The molecule has 1 aliphatic rings. The number of carbonyl (C=O) groups excluding carboxylic acids is 1. The lowest BCUT2D eigenvalue weighted by molar-refractivity contribution is -0.119. The van der Waals surface area contributed by atoms with Gasteiger partial charge in [-0.05, 0) is 12.8 Å². The number of rotatable bonds is 6. The molecule has 0 aliphatic carbocycles. The number of amides is 1. The molecule has 3 heteroatoms. The summed E-state index contributed by atoms with van der Waals surface area (Å²) in [6.45, 7) is 2.15. The number of carbonyl (C=O) groups is 1. The van der Waals surface area contributed by atoms with Crippen LogP contribution in [0.3, 0.4) is 0 Å². The van der Waals surface area contributed by atoms with Gasteiger partial charge in [-0.3, -0.25) is 4.79 Å². The van der Waals surface area contributed by atoms with E-state index in [0.29, 0.717) is 6.42 Å². The summed E-state index contributed by atoms with van der Waals surface area (Å²) in [5.41, 5.74) is 0. The van der Waals surface area contributed by atoms with Crippen molar-refractivity contribution in [1.82, 2.24) is 5.32 Å². The molecule has 15 heavy (non-hydrogen) atoms. The topological polar surface area (TPSA) is 49.3 Å². The van der Waals surface area contributed by atoms with Crippen LogP contribution in [0.5, 0.6) is 0 Å². The van der Waals surface area contributed by atoms with Crippen molar-refractivity contribution in [3.8, 4) is 0 Å². The summed E-state index contributed by atoms with van der Waals surface area (Å²) in [6, 6.07) is 0.137. The molecule has 0 aromatic rings. The Morgan fingerprint density at radius 2 is 2.40 bits per heavy atom. The van der Waals surface area contributed by atoms with E-state index in [9.17, 15) is 9.90 Å². The first-order valence-electron chi connectivity index (χ1n) is 5.88. The van der Waals surface area contributed by atoms with E-state index >= 15 is 0 Å². The van der Waals surface area contributed by atoms with Crippen LogP contribution in [-0.4, -0.2) is 23.2 Å². The number of unbranched alkanes of at least 4 members (excludes halogenated alkanes) is 2. The molecule has 86 valence electrons. The molecule has 0 aromatic heterocycles. The van der Waals surface area contributed by atoms with Gasteiger partial charge in [0, 0.05) is 12.5 Å². The van der Waals surface area contributed by atoms with Gasteiger partial charge in [-0.15, -0.1) is 0 Å². The largest absolute Gasteiger partial charge is 0.389 e. The summed E-state index contributed by atoms with van der Waals surface area (Å²) in [4.78, 5) is 10.9. The number of aliphatic hydroxyl groups excluding tert-OH is 1. The van der Waals surface area contributed by atoms with Gasteiger partial charge in [-0.1, -0.05) is 38.3 Å². The minimum atomic E-state index is -0.353. The Balaban J connectivity index is 2.16. The van der Waals surface area contributed by atoms with Crippen molar-refractivity contribution >= 4 is 5.91 Å². The normalized spacial score (nSPS) is 23.3. The Hall–Kier alpha value is -0.830. The predicted octanol–water partition coefficient (Wildman–Crippen LogP) is 1.76. The molecule has 3 nitrogen and oxygen atoms in total. The molecule has 1 aliphatic heterocycles. The second-order valence-corrected chi connectivity index (χ2v) is 4.16. The van der Waals surface area contributed by atoms with Crippen LogP contribution in [0.2, 0.25) is 0 Å². The fraction of sp³-hybridized carbons (Fsp3) is 0.750. The Morgan fingerprint density at radius 1 is 1.60 bits per heavy atom. The first kappa shape index (κ1) is 12.2. The van der Waals surface area contributed by atoms with Crippen LogP contribution in [0.1, 0.15) is 45.4 Å². The van der Waals surface area contributed by atoms with Crippen molar-refractivity contribution in [2.45, 2.75) is 57.6 Å². The third kappa shape index (κ3) is 4.98. The molecule has 1 fully saturated rings. The highest BCUT2D eigenvalue weighted by Crippen LogP contribution is 2.09. The molecule has 1 heterocycles. The maximum atomic E-state index is 10.9.